The van der Waals surface area contributed by atoms with Crippen molar-refractivity contribution in [2.75, 3.05) is 30.3 Å². The van der Waals surface area contributed by atoms with Crippen LogP contribution in [0.1, 0.15) is 49.1 Å². The molecular formula is C31H31F2N5O3. The molecule has 8 nitrogen and oxygen atoms in total. The highest BCUT2D eigenvalue weighted by molar-refractivity contribution is 6.06. The van der Waals surface area contributed by atoms with E-state index >= 15 is 0 Å². The Morgan fingerprint density at radius 1 is 1.07 bits per heavy atom. The number of rotatable bonds is 5. The number of aromatic nitrogens is 1. The summed E-state index contributed by atoms with van der Waals surface area (Å²) in [7, 11) is 0. The maximum atomic E-state index is 14.1. The van der Waals surface area contributed by atoms with Crippen LogP contribution in [0.25, 0.3) is 0 Å². The zero-order valence-electron chi connectivity index (χ0n) is 23.1. The van der Waals surface area contributed by atoms with Gasteiger partial charge in [0, 0.05) is 30.1 Å². The first-order valence-corrected chi connectivity index (χ1v) is 13.7. The lowest BCUT2D eigenvalue weighted by Crippen LogP contribution is -2.64. The van der Waals surface area contributed by atoms with E-state index in [4.69, 9.17) is 0 Å². The van der Waals surface area contributed by atoms with Gasteiger partial charge >= 0.3 is 0 Å². The van der Waals surface area contributed by atoms with Gasteiger partial charge in [-0.25, -0.2) is 13.8 Å². The summed E-state index contributed by atoms with van der Waals surface area (Å²) in [6.45, 7) is 6.09. The summed E-state index contributed by atoms with van der Waals surface area (Å²) in [6.07, 6.45) is 2.67. The van der Waals surface area contributed by atoms with Crippen LogP contribution in [0.15, 0.2) is 54.7 Å². The Morgan fingerprint density at radius 2 is 1.80 bits per heavy atom. The van der Waals surface area contributed by atoms with Crippen LogP contribution in [0.2, 0.25) is 0 Å². The highest BCUT2D eigenvalue weighted by Gasteiger charge is 2.51. The minimum Gasteiger partial charge on any atom is -0.325 e. The van der Waals surface area contributed by atoms with Crippen molar-refractivity contribution in [3.63, 3.8) is 0 Å². The molecule has 6 rings (SSSR count). The number of hydrogen-bond donors (Lipinski definition) is 2. The topological polar surface area (TPSA) is 94.6 Å². The average Bonchev–Trinajstić information content (AvgIpc) is 3.43. The lowest BCUT2D eigenvalue weighted by Gasteiger charge is -2.49. The maximum Gasteiger partial charge on any atom is 0.244 e. The molecule has 212 valence electrons. The van der Waals surface area contributed by atoms with E-state index in [-0.39, 0.29) is 18.4 Å². The molecule has 3 heterocycles. The number of nitrogens with one attached hydrogen (secondary N) is 2. The van der Waals surface area contributed by atoms with Gasteiger partial charge in [-0.05, 0) is 80.3 Å². The SMILES string of the molecule is CCN1C[C@@H](c2cc(F)cc(F)c2)N(CC(=O)Nc2ccc3c(c2)C[C@@]2(C3)C(=O)Nc3ncccc32)C(=O)C1(C)C. The Labute approximate surface area is 236 Å². The molecule has 2 atom stereocenters. The van der Waals surface area contributed by atoms with Crippen molar-refractivity contribution in [2.24, 2.45) is 0 Å². The van der Waals surface area contributed by atoms with E-state index in [1.54, 1.807) is 26.1 Å². The van der Waals surface area contributed by atoms with E-state index in [0.29, 0.717) is 43.0 Å². The maximum absolute atomic E-state index is 14.1. The van der Waals surface area contributed by atoms with Gasteiger partial charge < -0.3 is 15.5 Å². The molecule has 1 spiro atoms. The van der Waals surface area contributed by atoms with Gasteiger partial charge in [-0.15, -0.1) is 0 Å². The predicted molar refractivity (Wildman–Crippen MR) is 149 cm³/mol. The fourth-order valence-electron chi connectivity index (χ4n) is 6.62. The lowest BCUT2D eigenvalue weighted by molar-refractivity contribution is -0.155. The van der Waals surface area contributed by atoms with Gasteiger partial charge in [0.15, 0.2) is 0 Å². The standard InChI is InChI=1S/C31H31F2N5O3/c1-4-37-16-25(19-10-21(32)13-22(33)11-19)38(29(41)30(37,2)3)17-26(39)35-23-8-7-18-14-31(15-20(18)12-23)24-6-5-9-34-27(24)36-28(31)40/h5-13,25H,4,14-17H2,1-3H3,(H,35,39)(H,34,36,40)/t25-,31+/m0/s1. The third-order valence-corrected chi connectivity index (χ3v) is 8.77. The van der Waals surface area contributed by atoms with Crippen molar-refractivity contribution in [1.82, 2.24) is 14.8 Å². The molecule has 0 saturated carbocycles. The summed E-state index contributed by atoms with van der Waals surface area (Å²) < 4.78 is 28.3. The lowest BCUT2D eigenvalue weighted by atomic mass is 9.79. The molecule has 0 bridgehead atoms. The molecule has 1 saturated heterocycles. The second kappa shape index (κ2) is 9.73. The number of nitrogens with zero attached hydrogens (tertiary/aromatic N) is 3. The predicted octanol–water partition coefficient (Wildman–Crippen LogP) is 3.97. The summed E-state index contributed by atoms with van der Waals surface area (Å²) in [5.74, 6) is -1.71. The van der Waals surface area contributed by atoms with Crippen LogP contribution in [-0.4, -0.2) is 57.7 Å². The number of piperazine rings is 1. The van der Waals surface area contributed by atoms with Gasteiger partial charge in [0.2, 0.25) is 17.7 Å². The van der Waals surface area contributed by atoms with Crippen LogP contribution in [0.4, 0.5) is 20.3 Å². The molecule has 3 aromatic rings. The Morgan fingerprint density at radius 3 is 2.54 bits per heavy atom. The van der Waals surface area contributed by atoms with Gasteiger partial charge in [0.1, 0.15) is 24.0 Å². The van der Waals surface area contributed by atoms with E-state index in [2.05, 4.69) is 15.6 Å². The van der Waals surface area contributed by atoms with Crippen LogP contribution in [0.3, 0.4) is 0 Å². The van der Waals surface area contributed by atoms with Gasteiger partial charge in [-0.3, -0.25) is 19.3 Å². The van der Waals surface area contributed by atoms with Gasteiger partial charge in [-0.1, -0.05) is 19.1 Å². The highest BCUT2D eigenvalue weighted by Crippen LogP contribution is 2.47. The number of carbonyl (C=O) groups is 3. The minimum absolute atomic E-state index is 0.0832. The highest BCUT2D eigenvalue weighted by atomic mass is 19.1. The summed E-state index contributed by atoms with van der Waals surface area (Å²) in [5.41, 5.74) is 2.07. The number of pyridine rings is 1. The number of hydrogen-bond acceptors (Lipinski definition) is 5. The first kappa shape index (κ1) is 27.0. The Bertz CT molecular complexity index is 1570. The first-order chi connectivity index (χ1) is 19.5. The number of amides is 3. The molecule has 10 heteroatoms. The second-order valence-electron chi connectivity index (χ2n) is 11.6. The monoisotopic (exact) mass is 559 g/mol. The zero-order chi connectivity index (χ0) is 29.1. The van der Waals surface area contributed by atoms with E-state index in [9.17, 15) is 23.2 Å². The van der Waals surface area contributed by atoms with E-state index in [0.717, 1.165) is 22.8 Å². The molecule has 0 radical (unpaired) electrons. The van der Waals surface area contributed by atoms with Crippen molar-refractivity contribution in [3.8, 4) is 0 Å². The number of fused-ring (bicyclic) bond motifs is 3. The smallest absolute Gasteiger partial charge is 0.244 e. The van der Waals surface area contributed by atoms with E-state index < -0.39 is 34.5 Å². The summed E-state index contributed by atoms with van der Waals surface area (Å²) in [6, 6.07) is 11.8. The fraction of sp³-hybridized carbons (Fsp3) is 0.355. The molecule has 2 N–H and O–H groups in total. The van der Waals surface area contributed by atoms with Crippen LogP contribution >= 0.6 is 0 Å². The largest absolute Gasteiger partial charge is 0.325 e. The van der Waals surface area contributed by atoms with Crippen LogP contribution in [-0.2, 0) is 32.6 Å². The zero-order valence-corrected chi connectivity index (χ0v) is 23.1. The third-order valence-electron chi connectivity index (χ3n) is 8.77. The molecular weight excluding hydrogens is 528 g/mol. The van der Waals surface area contributed by atoms with E-state index in [1.165, 1.54) is 17.0 Å². The van der Waals surface area contributed by atoms with Crippen molar-refractivity contribution in [1.29, 1.82) is 0 Å². The number of benzene rings is 2. The molecule has 2 aliphatic heterocycles. The van der Waals surface area contributed by atoms with Crippen LogP contribution in [0.5, 0.6) is 0 Å². The van der Waals surface area contributed by atoms with E-state index in [1.807, 2.05) is 36.1 Å². The minimum atomic E-state index is -0.897. The Balaban J connectivity index is 1.23. The summed E-state index contributed by atoms with van der Waals surface area (Å²) in [4.78, 5) is 47.7. The number of likely N-dealkylation sites (N-methyl/N-ethyl adjacent to an activating group) is 1. The number of halogens is 2. The Kier molecular flexibility index (Phi) is 6.41. The molecule has 3 aliphatic rings. The van der Waals surface area contributed by atoms with Crippen molar-refractivity contribution in [3.05, 3.63) is 88.6 Å². The van der Waals surface area contributed by atoms with Gasteiger partial charge in [0.25, 0.3) is 0 Å². The molecule has 2 aromatic carbocycles. The number of carbonyl (C=O) groups excluding carboxylic acids is 3. The third kappa shape index (κ3) is 4.46. The first-order valence-electron chi connectivity index (χ1n) is 13.7. The fourth-order valence-corrected chi connectivity index (χ4v) is 6.62. The molecule has 1 fully saturated rings. The van der Waals surface area contributed by atoms with Crippen molar-refractivity contribution < 1.29 is 23.2 Å². The normalized spacial score (nSPS) is 23.0. The molecule has 41 heavy (non-hydrogen) atoms. The van der Waals surface area contributed by atoms with Crippen LogP contribution in [0, 0.1) is 11.6 Å². The molecule has 1 aromatic heterocycles. The van der Waals surface area contributed by atoms with Crippen molar-refractivity contribution >= 4 is 29.2 Å². The van der Waals surface area contributed by atoms with Gasteiger partial charge in [-0.2, -0.15) is 0 Å². The van der Waals surface area contributed by atoms with Crippen LogP contribution < -0.4 is 10.6 Å². The molecule has 3 amide bonds. The number of anilines is 2. The average molecular weight is 560 g/mol. The second-order valence-corrected chi connectivity index (χ2v) is 11.6. The van der Waals surface area contributed by atoms with Crippen molar-refractivity contribution in [2.45, 2.75) is 50.6 Å². The summed E-state index contributed by atoms with van der Waals surface area (Å²) >= 11 is 0. The molecule has 0 unspecified atom stereocenters. The summed E-state index contributed by atoms with van der Waals surface area (Å²) in [5, 5.41) is 5.78. The molecule has 1 aliphatic carbocycles. The van der Waals surface area contributed by atoms with Gasteiger partial charge in [0.05, 0.1) is 17.0 Å². The Hall–Kier alpha value is -4.18. The quantitative estimate of drug-likeness (QED) is 0.494.